The highest BCUT2D eigenvalue weighted by molar-refractivity contribution is 6.31. The molecule has 46 heavy (non-hydrogen) atoms. The number of hydrogen-bond donors (Lipinski definition) is 1. The van der Waals surface area contributed by atoms with E-state index >= 15 is 0 Å². The fraction of sp³-hybridized carbons (Fsp3) is 0.207. The van der Waals surface area contributed by atoms with Crippen LogP contribution in [0.1, 0.15) is 35.9 Å². The Kier molecular flexibility index (Phi) is 11.2. The number of aliphatic hydroxyl groups is 1. The van der Waals surface area contributed by atoms with Crippen molar-refractivity contribution in [3.05, 3.63) is 113 Å². The summed E-state index contributed by atoms with van der Waals surface area (Å²) in [6.45, 7) is 2.60. The van der Waals surface area contributed by atoms with E-state index < -0.39 is 85.7 Å². The first-order chi connectivity index (χ1) is 21.4. The quantitative estimate of drug-likeness (QED) is 0.166. The number of nitrogens with zero attached hydrogens (tertiary/aromatic N) is 2. The molecule has 0 amide bonds. The van der Waals surface area contributed by atoms with Gasteiger partial charge in [0, 0.05) is 48.5 Å². The minimum Gasteiger partial charge on any atom is -0.379 e. The molecule has 0 radical (unpaired) electrons. The molecule has 0 spiro atoms. The number of benzene rings is 2. The van der Waals surface area contributed by atoms with Gasteiger partial charge in [0.05, 0.1) is 22.5 Å². The summed E-state index contributed by atoms with van der Waals surface area (Å²) in [5.41, 5.74) is -5.74. The van der Waals surface area contributed by atoms with Gasteiger partial charge in [-0.3, -0.25) is 14.4 Å². The molecule has 0 fully saturated rings. The van der Waals surface area contributed by atoms with Gasteiger partial charge in [0.1, 0.15) is 44.9 Å². The van der Waals surface area contributed by atoms with Crippen molar-refractivity contribution < 1.29 is 49.4 Å². The highest BCUT2D eigenvalue weighted by Gasteiger charge is 2.42. The first kappa shape index (κ1) is 36.4. The van der Waals surface area contributed by atoms with Crippen LogP contribution < -0.4 is 11.1 Å². The number of aliphatic hydroxyl groups excluding tert-OH is 1. The van der Waals surface area contributed by atoms with Crippen LogP contribution in [-0.4, -0.2) is 26.7 Å². The fourth-order valence-corrected chi connectivity index (χ4v) is 4.92. The Balaban J connectivity index is 0.000000254. The Labute approximate surface area is 262 Å². The maximum Gasteiger partial charge on any atom is 0.418 e. The standard InChI is InChI=1S/C15H10ClF6NO2.C14H9ClF3NO2/c1-2-23-12(11-9(18)3-6(17)4-10(11)19)7(5-8(16)14(23)25)13(24)15(20,21)22;1-2-19-13(7(6-20)3-9(15)14(19)21)12-10(17)4-8(16)5-11(12)18/h3-5,13,24H,2H2,1H3;3-6H,2H2,1H3. The van der Waals surface area contributed by atoms with Gasteiger partial charge in [-0.2, -0.15) is 13.2 Å². The number of rotatable bonds is 6. The van der Waals surface area contributed by atoms with Gasteiger partial charge in [-0.05, 0) is 26.0 Å². The summed E-state index contributed by atoms with van der Waals surface area (Å²) in [6, 6.07) is 2.98. The third-order valence-corrected chi connectivity index (χ3v) is 6.94. The van der Waals surface area contributed by atoms with Crippen molar-refractivity contribution in [3.63, 3.8) is 0 Å². The third-order valence-electron chi connectivity index (χ3n) is 6.40. The van der Waals surface area contributed by atoms with Gasteiger partial charge >= 0.3 is 6.18 Å². The zero-order chi connectivity index (χ0) is 34.8. The average molecular weight is 701 g/mol. The number of aromatic nitrogens is 2. The van der Waals surface area contributed by atoms with E-state index in [2.05, 4.69) is 0 Å². The lowest BCUT2D eigenvalue weighted by Gasteiger charge is -2.22. The van der Waals surface area contributed by atoms with E-state index in [4.69, 9.17) is 23.2 Å². The van der Waals surface area contributed by atoms with Crippen LogP contribution in [0.2, 0.25) is 10.0 Å². The van der Waals surface area contributed by atoms with E-state index in [9.17, 15) is 59.0 Å². The monoisotopic (exact) mass is 700 g/mol. The number of carbonyl (C=O) groups is 1. The molecule has 0 bridgehead atoms. The lowest BCUT2D eigenvalue weighted by Crippen LogP contribution is -2.28. The van der Waals surface area contributed by atoms with Crippen molar-refractivity contribution in [2.45, 2.75) is 39.2 Å². The minimum atomic E-state index is -5.19. The number of carbonyl (C=O) groups excluding carboxylic acids is 1. The topological polar surface area (TPSA) is 81.3 Å². The summed E-state index contributed by atoms with van der Waals surface area (Å²) in [5.74, 6) is -7.87. The van der Waals surface area contributed by atoms with Crippen molar-refractivity contribution in [1.82, 2.24) is 9.13 Å². The van der Waals surface area contributed by atoms with Gasteiger partial charge in [-0.1, -0.05) is 23.2 Å². The van der Waals surface area contributed by atoms with E-state index in [-0.39, 0.29) is 41.5 Å². The predicted octanol–water partition coefficient (Wildman–Crippen LogP) is 7.62. The predicted molar refractivity (Wildman–Crippen MR) is 150 cm³/mol. The molecule has 1 atom stereocenters. The molecule has 0 aliphatic heterocycles. The van der Waals surface area contributed by atoms with Crippen LogP contribution in [0.4, 0.5) is 39.5 Å². The van der Waals surface area contributed by atoms with Crippen LogP contribution in [0, 0.1) is 34.9 Å². The van der Waals surface area contributed by atoms with E-state index in [1.54, 1.807) is 6.92 Å². The van der Waals surface area contributed by atoms with Crippen LogP contribution in [-0.2, 0) is 13.1 Å². The molecule has 17 heteroatoms. The smallest absolute Gasteiger partial charge is 0.379 e. The molecular formula is C29H19Cl2F9N2O4. The second kappa shape index (κ2) is 14.1. The second-order valence-corrected chi connectivity index (χ2v) is 10.1. The van der Waals surface area contributed by atoms with Crippen molar-refractivity contribution in [3.8, 4) is 22.5 Å². The zero-order valence-corrected chi connectivity index (χ0v) is 24.8. The molecule has 2 aromatic heterocycles. The zero-order valence-electron chi connectivity index (χ0n) is 23.3. The number of aldehydes is 1. The lowest BCUT2D eigenvalue weighted by molar-refractivity contribution is -0.206. The van der Waals surface area contributed by atoms with E-state index in [0.717, 1.165) is 10.6 Å². The van der Waals surface area contributed by atoms with Gasteiger partial charge in [0.25, 0.3) is 11.1 Å². The summed E-state index contributed by atoms with van der Waals surface area (Å²) in [7, 11) is 0. The summed E-state index contributed by atoms with van der Waals surface area (Å²) < 4.78 is 122. The molecule has 4 rings (SSSR count). The number of halogens is 11. The first-order valence-electron chi connectivity index (χ1n) is 12.8. The number of alkyl halides is 3. The van der Waals surface area contributed by atoms with Crippen LogP contribution in [0.3, 0.4) is 0 Å². The van der Waals surface area contributed by atoms with Crippen molar-refractivity contribution >= 4 is 29.5 Å². The highest BCUT2D eigenvalue weighted by Crippen LogP contribution is 2.40. The maximum atomic E-state index is 14.1. The van der Waals surface area contributed by atoms with Crippen molar-refractivity contribution in [2.75, 3.05) is 0 Å². The van der Waals surface area contributed by atoms with Crippen molar-refractivity contribution in [2.24, 2.45) is 0 Å². The van der Waals surface area contributed by atoms with Crippen LogP contribution in [0.25, 0.3) is 22.5 Å². The third kappa shape index (κ3) is 7.16. The molecular weight excluding hydrogens is 682 g/mol. The Bertz CT molecular complexity index is 1900. The molecule has 246 valence electrons. The Morgan fingerprint density at radius 2 is 1.09 bits per heavy atom. The molecule has 2 heterocycles. The SMILES string of the molecule is CCn1c(-c2c(F)cc(F)cc2F)c(C(O)C(F)(F)F)cc(Cl)c1=O.CCn1c(-c2c(F)cc(F)cc2F)c(C=O)cc(Cl)c1=O. The summed E-state index contributed by atoms with van der Waals surface area (Å²) >= 11 is 11.3. The van der Waals surface area contributed by atoms with Gasteiger partial charge < -0.3 is 14.2 Å². The molecule has 2 aromatic carbocycles. The molecule has 1 N–H and O–H groups in total. The van der Waals surface area contributed by atoms with E-state index in [1.807, 2.05) is 0 Å². The normalized spacial score (nSPS) is 12.0. The molecule has 1 unspecified atom stereocenters. The Morgan fingerprint density at radius 1 is 0.717 bits per heavy atom. The Morgan fingerprint density at radius 3 is 1.46 bits per heavy atom. The van der Waals surface area contributed by atoms with E-state index in [0.29, 0.717) is 29.1 Å². The number of hydrogen-bond acceptors (Lipinski definition) is 4. The van der Waals surface area contributed by atoms with Gasteiger partial charge in [0.2, 0.25) is 0 Å². The van der Waals surface area contributed by atoms with E-state index in [1.165, 1.54) is 6.92 Å². The second-order valence-electron chi connectivity index (χ2n) is 9.24. The first-order valence-corrected chi connectivity index (χ1v) is 13.5. The molecule has 0 aliphatic carbocycles. The van der Waals surface area contributed by atoms with Crippen LogP contribution >= 0.6 is 23.2 Å². The fourth-order valence-electron chi connectivity index (χ4n) is 4.48. The largest absolute Gasteiger partial charge is 0.418 e. The van der Waals surface area contributed by atoms with Gasteiger partial charge in [0.15, 0.2) is 12.4 Å². The number of pyridine rings is 2. The van der Waals surface area contributed by atoms with Gasteiger partial charge in [-0.25, -0.2) is 26.3 Å². The maximum absolute atomic E-state index is 14.1. The van der Waals surface area contributed by atoms with Crippen LogP contribution in [0.5, 0.6) is 0 Å². The highest BCUT2D eigenvalue weighted by atomic mass is 35.5. The summed E-state index contributed by atoms with van der Waals surface area (Å²) in [6.07, 6.45) is -8.03. The summed E-state index contributed by atoms with van der Waals surface area (Å²) in [5, 5.41) is 8.63. The van der Waals surface area contributed by atoms with Crippen LogP contribution in [0.15, 0.2) is 46.0 Å². The average Bonchev–Trinajstić information content (AvgIpc) is 2.95. The van der Waals surface area contributed by atoms with Crippen molar-refractivity contribution in [1.29, 1.82) is 0 Å². The molecule has 4 aromatic rings. The minimum absolute atomic E-state index is 0.0336. The molecule has 0 aliphatic rings. The molecule has 6 nitrogen and oxygen atoms in total. The molecule has 0 saturated heterocycles. The summed E-state index contributed by atoms with van der Waals surface area (Å²) in [4.78, 5) is 35.1. The lowest BCUT2D eigenvalue weighted by atomic mass is 9.99. The van der Waals surface area contributed by atoms with Gasteiger partial charge in [-0.15, -0.1) is 0 Å². The molecule has 0 saturated carbocycles. The Hall–Kier alpha value is -4.08.